The zero-order valence-corrected chi connectivity index (χ0v) is 20.1. The number of aryl methyl sites for hydroxylation is 1. The van der Waals surface area contributed by atoms with Crippen LogP contribution >= 0.6 is 0 Å². The van der Waals surface area contributed by atoms with Crippen LogP contribution in [0.1, 0.15) is 52.4 Å². The maximum Gasteiger partial charge on any atom is 0.339 e. The standard InChI is InChI=1S/C28H31N3O4/c1-19-10-9-13-23(31-16-7-4-8-17-31)25(19)26(20-11-5-3-6-12-20)30-28(34)29-21-14-15-22(27(32)33)24(18-21)35-2/h3,5-6,9-15,18,26H,4,7-8,16-17H2,1-2H3,(H,32,33)(H2,29,30,34). The van der Waals surface area contributed by atoms with Crippen LogP contribution in [0.15, 0.2) is 66.7 Å². The van der Waals surface area contributed by atoms with Gasteiger partial charge in [0, 0.05) is 36.1 Å². The highest BCUT2D eigenvalue weighted by molar-refractivity contribution is 5.94. The van der Waals surface area contributed by atoms with Gasteiger partial charge in [-0.2, -0.15) is 0 Å². The lowest BCUT2D eigenvalue weighted by atomic mass is 9.92. The summed E-state index contributed by atoms with van der Waals surface area (Å²) in [4.78, 5) is 27.0. The van der Waals surface area contributed by atoms with Crippen LogP contribution in [0, 0.1) is 6.92 Å². The summed E-state index contributed by atoms with van der Waals surface area (Å²) in [5.74, 6) is -0.909. The molecule has 2 amide bonds. The van der Waals surface area contributed by atoms with E-state index in [9.17, 15) is 14.7 Å². The van der Waals surface area contributed by atoms with Crippen molar-refractivity contribution in [3.8, 4) is 5.75 Å². The highest BCUT2D eigenvalue weighted by Crippen LogP contribution is 2.35. The molecule has 7 heteroatoms. The number of anilines is 2. The number of nitrogens with one attached hydrogen (secondary N) is 2. The number of piperidine rings is 1. The molecular weight excluding hydrogens is 442 g/mol. The Morgan fingerprint density at radius 1 is 0.971 bits per heavy atom. The summed E-state index contributed by atoms with van der Waals surface area (Å²) >= 11 is 0. The summed E-state index contributed by atoms with van der Waals surface area (Å²) in [5.41, 5.74) is 4.79. The van der Waals surface area contributed by atoms with E-state index in [2.05, 4.69) is 40.7 Å². The van der Waals surface area contributed by atoms with Gasteiger partial charge in [0.1, 0.15) is 11.3 Å². The molecule has 4 rings (SSSR count). The molecule has 1 fully saturated rings. The third kappa shape index (κ3) is 5.57. The van der Waals surface area contributed by atoms with Crippen molar-refractivity contribution in [3.63, 3.8) is 0 Å². The number of urea groups is 1. The van der Waals surface area contributed by atoms with Crippen molar-refractivity contribution >= 4 is 23.4 Å². The minimum absolute atomic E-state index is 0.0340. The first-order valence-corrected chi connectivity index (χ1v) is 11.9. The summed E-state index contributed by atoms with van der Waals surface area (Å²) in [6.07, 6.45) is 3.56. The average Bonchev–Trinajstić information content (AvgIpc) is 2.88. The van der Waals surface area contributed by atoms with Gasteiger partial charge in [-0.1, -0.05) is 42.5 Å². The van der Waals surface area contributed by atoms with Gasteiger partial charge in [0.15, 0.2) is 0 Å². The number of ether oxygens (including phenoxy) is 1. The lowest BCUT2D eigenvalue weighted by Gasteiger charge is -2.34. The molecule has 1 heterocycles. The molecule has 182 valence electrons. The Morgan fingerprint density at radius 3 is 2.40 bits per heavy atom. The van der Waals surface area contributed by atoms with Crippen molar-refractivity contribution in [1.82, 2.24) is 5.32 Å². The fourth-order valence-corrected chi connectivity index (χ4v) is 4.66. The predicted molar refractivity (Wildman–Crippen MR) is 138 cm³/mol. The van der Waals surface area contributed by atoms with Gasteiger partial charge < -0.3 is 25.4 Å². The number of aromatic carboxylic acids is 1. The van der Waals surface area contributed by atoms with Crippen LogP contribution in [0.25, 0.3) is 0 Å². The Labute approximate surface area is 205 Å². The normalized spacial score (nSPS) is 14.2. The van der Waals surface area contributed by atoms with E-state index in [-0.39, 0.29) is 17.4 Å². The number of nitrogens with zero attached hydrogens (tertiary/aromatic N) is 1. The molecule has 0 spiro atoms. The van der Waals surface area contributed by atoms with Crippen LogP contribution in [0.3, 0.4) is 0 Å². The molecule has 0 aliphatic carbocycles. The highest BCUT2D eigenvalue weighted by atomic mass is 16.5. The molecule has 0 saturated carbocycles. The number of carbonyl (C=O) groups is 2. The van der Waals surface area contributed by atoms with Gasteiger partial charge in [0.2, 0.25) is 0 Å². The first kappa shape index (κ1) is 24.1. The second kappa shape index (κ2) is 11.0. The molecule has 0 aromatic heterocycles. The Hall–Kier alpha value is -4.00. The van der Waals surface area contributed by atoms with Crippen molar-refractivity contribution in [2.24, 2.45) is 0 Å². The van der Waals surface area contributed by atoms with Gasteiger partial charge in [0.25, 0.3) is 0 Å². The number of carboxylic acid groups (broad SMARTS) is 1. The molecule has 1 atom stereocenters. The minimum atomic E-state index is -1.09. The van der Waals surface area contributed by atoms with E-state index in [1.165, 1.54) is 25.7 Å². The Kier molecular flexibility index (Phi) is 7.55. The quantitative estimate of drug-likeness (QED) is 0.415. The lowest BCUT2D eigenvalue weighted by Crippen LogP contribution is -2.36. The van der Waals surface area contributed by atoms with Crippen molar-refractivity contribution in [3.05, 3.63) is 89.0 Å². The molecule has 0 bridgehead atoms. The van der Waals surface area contributed by atoms with E-state index in [4.69, 9.17) is 4.74 Å². The summed E-state index contributed by atoms with van der Waals surface area (Å²) in [6, 6.07) is 19.9. The molecule has 3 aromatic rings. The van der Waals surface area contributed by atoms with Gasteiger partial charge in [-0.3, -0.25) is 0 Å². The van der Waals surface area contributed by atoms with E-state index in [0.29, 0.717) is 5.69 Å². The first-order chi connectivity index (χ1) is 17.0. The second-order valence-electron chi connectivity index (χ2n) is 8.72. The van der Waals surface area contributed by atoms with Gasteiger partial charge in [-0.25, -0.2) is 9.59 Å². The van der Waals surface area contributed by atoms with E-state index in [1.807, 2.05) is 30.3 Å². The topological polar surface area (TPSA) is 90.9 Å². The summed E-state index contributed by atoms with van der Waals surface area (Å²) < 4.78 is 5.19. The zero-order chi connectivity index (χ0) is 24.8. The van der Waals surface area contributed by atoms with E-state index in [0.717, 1.165) is 48.3 Å². The molecule has 7 nitrogen and oxygen atoms in total. The summed E-state index contributed by atoms with van der Waals surface area (Å²) in [5, 5.41) is 15.3. The number of rotatable bonds is 7. The van der Waals surface area contributed by atoms with Crippen LogP contribution in [0.4, 0.5) is 16.2 Å². The van der Waals surface area contributed by atoms with Crippen molar-refractivity contribution < 1.29 is 19.4 Å². The third-order valence-electron chi connectivity index (χ3n) is 6.38. The van der Waals surface area contributed by atoms with E-state index in [1.54, 1.807) is 6.07 Å². The fourth-order valence-electron chi connectivity index (χ4n) is 4.66. The Morgan fingerprint density at radius 2 is 1.71 bits per heavy atom. The molecule has 35 heavy (non-hydrogen) atoms. The highest BCUT2D eigenvalue weighted by Gasteiger charge is 2.25. The van der Waals surface area contributed by atoms with Gasteiger partial charge in [0.05, 0.1) is 13.2 Å². The molecule has 1 saturated heterocycles. The maximum absolute atomic E-state index is 13.2. The molecule has 1 unspecified atom stereocenters. The van der Waals surface area contributed by atoms with Crippen LogP contribution in [0.2, 0.25) is 0 Å². The van der Waals surface area contributed by atoms with Crippen LogP contribution in [-0.2, 0) is 0 Å². The summed E-state index contributed by atoms with van der Waals surface area (Å²) in [6.45, 7) is 4.08. The monoisotopic (exact) mass is 473 g/mol. The lowest BCUT2D eigenvalue weighted by molar-refractivity contribution is 0.0693. The van der Waals surface area contributed by atoms with Crippen molar-refractivity contribution in [1.29, 1.82) is 0 Å². The largest absolute Gasteiger partial charge is 0.496 e. The number of benzene rings is 3. The number of methoxy groups -OCH3 is 1. The molecule has 1 aliphatic rings. The Bertz CT molecular complexity index is 1190. The van der Waals surface area contributed by atoms with E-state index >= 15 is 0 Å². The van der Waals surface area contributed by atoms with Crippen molar-refractivity contribution in [2.75, 3.05) is 30.4 Å². The van der Waals surface area contributed by atoms with Crippen molar-refractivity contribution in [2.45, 2.75) is 32.2 Å². The molecule has 1 aliphatic heterocycles. The number of carbonyl (C=O) groups excluding carboxylic acids is 1. The SMILES string of the molecule is COc1cc(NC(=O)NC(c2ccccc2)c2c(C)cccc2N2CCCCC2)ccc1C(=O)O. The minimum Gasteiger partial charge on any atom is -0.496 e. The molecule has 0 radical (unpaired) electrons. The third-order valence-corrected chi connectivity index (χ3v) is 6.38. The first-order valence-electron chi connectivity index (χ1n) is 11.9. The molecule has 3 N–H and O–H groups in total. The zero-order valence-electron chi connectivity index (χ0n) is 20.1. The van der Waals surface area contributed by atoms with Crippen LogP contribution in [0.5, 0.6) is 5.75 Å². The maximum atomic E-state index is 13.2. The molecule has 3 aromatic carbocycles. The Balaban J connectivity index is 1.66. The smallest absolute Gasteiger partial charge is 0.339 e. The predicted octanol–water partition coefficient (Wildman–Crippen LogP) is 5.60. The number of amides is 2. The number of carboxylic acids is 1. The average molecular weight is 474 g/mol. The van der Waals surface area contributed by atoms with Crippen LogP contribution in [-0.4, -0.2) is 37.3 Å². The fraction of sp³-hybridized carbons (Fsp3) is 0.286. The number of hydrogen-bond acceptors (Lipinski definition) is 4. The summed E-state index contributed by atoms with van der Waals surface area (Å²) in [7, 11) is 1.40. The van der Waals surface area contributed by atoms with Crippen LogP contribution < -0.4 is 20.3 Å². The van der Waals surface area contributed by atoms with Gasteiger partial charge in [-0.05, 0) is 55.5 Å². The second-order valence-corrected chi connectivity index (χ2v) is 8.72. The van der Waals surface area contributed by atoms with E-state index < -0.39 is 12.0 Å². The number of hydrogen-bond donors (Lipinski definition) is 3. The van der Waals surface area contributed by atoms with Gasteiger partial charge >= 0.3 is 12.0 Å². The van der Waals surface area contributed by atoms with Gasteiger partial charge in [-0.15, -0.1) is 0 Å². The molecular formula is C28H31N3O4.